The van der Waals surface area contributed by atoms with Crippen molar-refractivity contribution in [1.29, 1.82) is 0 Å². The van der Waals surface area contributed by atoms with Crippen LogP contribution in [0.2, 0.25) is 0 Å². The molecule has 1 aliphatic carbocycles. The molecule has 0 N–H and O–H groups in total. The van der Waals surface area contributed by atoms with E-state index in [4.69, 9.17) is 4.74 Å². The van der Waals surface area contributed by atoms with Crippen LogP contribution in [0.4, 0.5) is 5.13 Å². The van der Waals surface area contributed by atoms with Crippen LogP contribution in [0.3, 0.4) is 0 Å². The van der Waals surface area contributed by atoms with Gasteiger partial charge in [0.1, 0.15) is 11.3 Å². The van der Waals surface area contributed by atoms with Gasteiger partial charge in [-0.2, -0.15) is 0 Å². The van der Waals surface area contributed by atoms with Crippen molar-refractivity contribution < 1.29 is 4.74 Å². The Labute approximate surface area is 146 Å². The zero-order valence-corrected chi connectivity index (χ0v) is 15.1. The minimum absolute atomic E-state index is 0.576. The second-order valence-corrected chi connectivity index (χ2v) is 7.82. The minimum Gasteiger partial charge on any atom is -0.477 e. The number of nitrogens with zero attached hydrogens (tertiary/aromatic N) is 5. The van der Waals surface area contributed by atoms with Crippen LogP contribution in [0.15, 0.2) is 6.33 Å². The molecular weight excluding hydrogens is 322 g/mol. The Bertz CT molecular complexity index is 707. The normalized spacial score (nSPS) is 18.8. The van der Waals surface area contributed by atoms with Crippen LogP contribution in [0.25, 0.3) is 0 Å². The number of aryl methyl sites for hydroxylation is 1. The van der Waals surface area contributed by atoms with Gasteiger partial charge in [0.25, 0.3) is 0 Å². The van der Waals surface area contributed by atoms with Crippen molar-refractivity contribution in [2.45, 2.75) is 45.4 Å². The van der Waals surface area contributed by atoms with E-state index < -0.39 is 0 Å². The van der Waals surface area contributed by atoms with Gasteiger partial charge in [-0.3, -0.25) is 0 Å². The predicted molar refractivity (Wildman–Crippen MR) is 93.8 cm³/mol. The summed E-state index contributed by atoms with van der Waals surface area (Å²) in [6, 6.07) is 0. The predicted octanol–water partition coefficient (Wildman–Crippen LogP) is 3.12. The van der Waals surface area contributed by atoms with Crippen molar-refractivity contribution in [2.24, 2.45) is 5.92 Å². The number of aromatic nitrogens is 4. The van der Waals surface area contributed by atoms with E-state index in [1.54, 1.807) is 17.7 Å². The third-order valence-electron chi connectivity index (χ3n) is 4.99. The molecule has 128 valence electrons. The monoisotopic (exact) mass is 345 g/mol. The summed E-state index contributed by atoms with van der Waals surface area (Å²) in [5, 5.41) is 11.1. The molecule has 2 aromatic heterocycles. The number of anilines is 1. The van der Waals surface area contributed by atoms with Crippen molar-refractivity contribution in [1.82, 2.24) is 20.2 Å². The summed E-state index contributed by atoms with van der Waals surface area (Å²) in [4.78, 5) is 10.8. The topological polar surface area (TPSA) is 64.0 Å². The molecule has 2 fully saturated rings. The van der Waals surface area contributed by atoms with E-state index in [0.29, 0.717) is 11.8 Å². The van der Waals surface area contributed by atoms with Crippen LogP contribution in [0.5, 0.6) is 5.88 Å². The molecule has 1 saturated carbocycles. The molecule has 2 aliphatic rings. The number of hydrogen-bond donors (Lipinski definition) is 0. The Morgan fingerprint density at radius 3 is 2.67 bits per heavy atom. The number of rotatable bonds is 5. The highest BCUT2D eigenvalue weighted by Gasteiger charge is 2.29. The van der Waals surface area contributed by atoms with Gasteiger partial charge in [0.15, 0.2) is 0 Å². The van der Waals surface area contributed by atoms with Gasteiger partial charge in [-0.15, -0.1) is 10.2 Å². The maximum absolute atomic E-state index is 5.95. The molecule has 0 aromatic carbocycles. The lowest BCUT2D eigenvalue weighted by molar-refractivity contribution is 0.214. The minimum atomic E-state index is 0.576. The van der Waals surface area contributed by atoms with Crippen LogP contribution in [-0.2, 0) is 0 Å². The van der Waals surface area contributed by atoms with E-state index >= 15 is 0 Å². The van der Waals surface area contributed by atoms with Crippen LogP contribution in [0, 0.1) is 19.8 Å². The first-order valence-corrected chi connectivity index (χ1v) is 9.51. The lowest BCUT2D eigenvalue weighted by Gasteiger charge is -2.31. The van der Waals surface area contributed by atoms with Crippen molar-refractivity contribution in [2.75, 3.05) is 24.6 Å². The number of ether oxygens (including phenoxy) is 1. The summed E-state index contributed by atoms with van der Waals surface area (Å²) in [6.07, 6.45) is 6.40. The summed E-state index contributed by atoms with van der Waals surface area (Å²) in [7, 11) is 0. The van der Waals surface area contributed by atoms with Gasteiger partial charge in [-0.05, 0) is 45.4 Å². The second kappa shape index (κ2) is 6.63. The SMILES string of the molecule is Cc1ncnc(OCC2CCN(c3nnc(C4CC4)s3)CC2)c1C. The molecule has 1 aliphatic heterocycles. The molecule has 0 atom stereocenters. The second-order valence-electron chi connectivity index (χ2n) is 6.83. The highest BCUT2D eigenvalue weighted by Crippen LogP contribution is 2.42. The Balaban J connectivity index is 1.28. The Hall–Kier alpha value is -1.76. The van der Waals surface area contributed by atoms with Gasteiger partial charge >= 0.3 is 0 Å². The third-order valence-corrected chi connectivity index (χ3v) is 6.13. The number of piperidine rings is 1. The third kappa shape index (κ3) is 3.36. The molecule has 24 heavy (non-hydrogen) atoms. The van der Waals surface area contributed by atoms with Gasteiger partial charge in [0.2, 0.25) is 11.0 Å². The average Bonchev–Trinajstić information content (AvgIpc) is 3.34. The lowest BCUT2D eigenvalue weighted by Crippen LogP contribution is -2.35. The molecule has 0 unspecified atom stereocenters. The molecule has 1 saturated heterocycles. The smallest absolute Gasteiger partial charge is 0.219 e. The van der Waals surface area contributed by atoms with Crippen molar-refractivity contribution in [3.05, 3.63) is 22.6 Å². The maximum Gasteiger partial charge on any atom is 0.219 e. The van der Waals surface area contributed by atoms with Crippen molar-refractivity contribution >= 4 is 16.5 Å². The summed E-state index contributed by atoms with van der Waals surface area (Å²) < 4.78 is 5.95. The van der Waals surface area contributed by atoms with E-state index in [2.05, 4.69) is 25.1 Å². The molecule has 4 rings (SSSR count). The van der Waals surface area contributed by atoms with Crippen molar-refractivity contribution in [3.63, 3.8) is 0 Å². The van der Waals surface area contributed by atoms with Crippen molar-refractivity contribution in [3.8, 4) is 5.88 Å². The quantitative estimate of drug-likeness (QED) is 0.829. The van der Waals surface area contributed by atoms with Gasteiger partial charge in [-0.25, -0.2) is 9.97 Å². The summed E-state index contributed by atoms with van der Waals surface area (Å²) in [5.74, 6) is 2.00. The van der Waals surface area contributed by atoms with Crippen LogP contribution >= 0.6 is 11.3 Å². The highest BCUT2D eigenvalue weighted by atomic mass is 32.1. The molecule has 0 amide bonds. The number of hydrogen-bond acceptors (Lipinski definition) is 7. The molecule has 0 spiro atoms. The fourth-order valence-electron chi connectivity index (χ4n) is 3.00. The molecule has 0 radical (unpaired) electrons. The first-order valence-electron chi connectivity index (χ1n) is 8.70. The van der Waals surface area contributed by atoms with Gasteiger partial charge in [0.05, 0.1) is 6.61 Å². The summed E-state index contributed by atoms with van der Waals surface area (Å²) in [6.45, 7) is 6.80. The maximum atomic E-state index is 5.95. The molecule has 2 aromatic rings. The Morgan fingerprint density at radius 2 is 1.92 bits per heavy atom. The van der Waals surface area contributed by atoms with Crippen LogP contribution in [-0.4, -0.2) is 39.9 Å². The molecule has 3 heterocycles. The van der Waals surface area contributed by atoms with Gasteiger partial charge < -0.3 is 9.64 Å². The van der Waals surface area contributed by atoms with Gasteiger partial charge in [0, 0.05) is 30.3 Å². The van der Waals surface area contributed by atoms with Gasteiger partial charge in [-0.1, -0.05) is 11.3 Å². The first kappa shape index (κ1) is 15.7. The van der Waals surface area contributed by atoms with Crippen LogP contribution in [0.1, 0.15) is 47.9 Å². The molecule has 0 bridgehead atoms. The molecular formula is C17H23N5OS. The van der Waals surface area contributed by atoms with E-state index in [9.17, 15) is 0 Å². The van der Waals surface area contributed by atoms with E-state index in [1.165, 1.54) is 17.8 Å². The van der Waals surface area contributed by atoms with E-state index in [1.807, 2.05) is 13.8 Å². The highest BCUT2D eigenvalue weighted by molar-refractivity contribution is 7.15. The summed E-state index contributed by atoms with van der Waals surface area (Å²) >= 11 is 1.78. The first-order chi connectivity index (χ1) is 11.7. The zero-order valence-electron chi connectivity index (χ0n) is 14.2. The fourth-order valence-corrected chi connectivity index (χ4v) is 4.06. The zero-order chi connectivity index (χ0) is 16.5. The standard InChI is InChI=1S/C17H23N5OS/c1-11-12(2)18-10-19-15(11)23-9-13-5-7-22(8-6-13)17-21-20-16(24-17)14-3-4-14/h10,13-14H,3-9H2,1-2H3. The largest absolute Gasteiger partial charge is 0.477 e. The molecule has 6 nitrogen and oxygen atoms in total. The van der Waals surface area contributed by atoms with E-state index in [0.717, 1.165) is 54.8 Å². The summed E-state index contributed by atoms with van der Waals surface area (Å²) in [5.41, 5.74) is 2.02. The lowest BCUT2D eigenvalue weighted by atomic mass is 9.98. The fraction of sp³-hybridized carbons (Fsp3) is 0.647. The van der Waals surface area contributed by atoms with E-state index in [-0.39, 0.29) is 0 Å². The molecule has 7 heteroatoms. The Kier molecular flexibility index (Phi) is 4.35. The average molecular weight is 345 g/mol. The van der Waals surface area contributed by atoms with Crippen LogP contribution < -0.4 is 9.64 Å². The Morgan fingerprint density at radius 1 is 1.12 bits per heavy atom.